The Morgan fingerprint density at radius 3 is 2.89 bits per heavy atom. The average molecular weight is 265 g/mol. The molecule has 0 unspecified atom stereocenters. The van der Waals surface area contributed by atoms with Crippen molar-refractivity contribution in [3.8, 4) is 17.1 Å². The molecule has 0 amide bonds. The maximum Gasteiger partial charge on any atom is 0.172 e. The Morgan fingerprint density at radius 2 is 2.22 bits per heavy atom. The number of nitrogen functional groups attached to an aromatic ring is 1. The van der Waals surface area contributed by atoms with Crippen LogP contribution in [0.1, 0.15) is 12.8 Å². The zero-order chi connectivity index (χ0) is 12.5. The summed E-state index contributed by atoms with van der Waals surface area (Å²) in [5.74, 6) is 2.36. The molecule has 0 saturated heterocycles. The van der Waals surface area contributed by atoms with E-state index < -0.39 is 0 Å². The van der Waals surface area contributed by atoms with Crippen molar-refractivity contribution in [3.05, 3.63) is 29.3 Å². The SMILES string of the molecule is Nc1cc(-c2cc(Cl)ccc2OCC2CC2)on1. The lowest BCUT2D eigenvalue weighted by atomic mass is 10.1. The Kier molecular flexibility index (Phi) is 2.88. The summed E-state index contributed by atoms with van der Waals surface area (Å²) in [6.07, 6.45) is 2.50. The number of aromatic nitrogens is 1. The van der Waals surface area contributed by atoms with Crippen LogP contribution < -0.4 is 10.5 Å². The smallest absolute Gasteiger partial charge is 0.172 e. The Bertz CT molecular complexity index is 564. The molecule has 2 aromatic rings. The van der Waals surface area contributed by atoms with Crippen LogP contribution in [0.3, 0.4) is 0 Å². The molecule has 5 heteroatoms. The summed E-state index contributed by atoms with van der Waals surface area (Å²) in [5.41, 5.74) is 6.34. The molecule has 0 atom stereocenters. The van der Waals surface area contributed by atoms with Gasteiger partial charge in [-0.2, -0.15) is 0 Å². The molecule has 0 spiro atoms. The van der Waals surface area contributed by atoms with Gasteiger partial charge in [0.25, 0.3) is 0 Å². The van der Waals surface area contributed by atoms with E-state index in [1.54, 1.807) is 18.2 Å². The van der Waals surface area contributed by atoms with E-state index in [1.807, 2.05) is 6.07 Å². The maximum atomic E-state index is 6.00. The summed E-state index contributed by atoms with van der Waals surface area (Å²) in [4.78, 5) is 0. The highest BCUT2D eigenvalue weighted by atomic mass is 35.5. The molecule has 0 radical (unpaired) electrons. The molecule has 1 aliphatic rings. The second-order valence-corrected chi connectivity index (χ2v) is 4.95. The molecule has 18 heavy (non-hydrogen) atoms. The monoisotopic (exact) mass is 264 g/mol. The number of halogens is 1. The highest BCUT2D eigenvalue weighted by Gasteiger charge is 2.23. The second kappa shape index (κ2) is 4.53. The van der Waals surface area contributed by atoms with Gasteiger partial charge in [-0.15, -0.1) is 0 Å². The van der Waals surface area contributed by atoms with Gasteiger partial charge in [-0.1, -0.05) is 16.8 Å². The summed E-state index contributed by atoms with van der Waals surface area (Å²) >= 11 is 6.00. The first-order valence-electron chi connectivity index (χ1n) is 5.87. The third kappa shape index (κ3) is 2.43. The summed E-state index contributed by atoms with van der Waals surface area (Å²) in [7, 11) is 0. The van der Waals surface area contributed by atoms with Gasteiger partial charge in [0.05, 0.1) is 12.2 Å². The Morgan fingerprint density at radius 1 is 1.39 bits per heavy atom. The van der Waals surface area contributed by atoms with Crippen molar-refractivity contribution in [2.45, 2.75) is 12.8 Å². The van der Waals surface area contributed by atoms with Gasteiger partial charge in [0, 0.05) is 11.1 Å². The quantitative estimate of drug-likeness (QED) is 0.920. The minimum Gasteiger partial charge on any atom is -0.493 e. The lowest BCUT2D eigenvalue weighted by Gasteiger charge is -2.09. The van der Waals surface area contributed by atoms with E-state index in [2.05, 4.69) is 5.16 Å². The molecule has 4 nitrogen and oxygen atoms in total. The second-order valence-electron chi connectivity index (χ2n) is 4.51. The van der Waals surface area contributed by atoms with Crippen molar-refractivity contribution in [1.82, 2.24) is 5.16 Å². The number of nitrogens with zero attached hydrogens (tertiary/aromatic N) is 1. The summed E-state index contributed by atoms with van der Waals surface area (Å²) in [5, 5.41) is 4.30. The Labute approximate surface area is 110 Å². The molecular weight excluding hydrogens is 252 g/mol. The van der Waals surface area contributed by atoms with Crippen molar-refractivity contribution >= 4 is 17.4 Å². The molecule has 1 aromatic heterocycles. The van der Waals surface area contributed by atoms with Crippen LogP contribution in [0.2, 0.25) is 5.02 Å². The van der Waals surface area contributed by atoms with Crippen LogP contribution in [0.4, 0.5) is 5.82 Å². The van der Waals surface area contributed by atoms with Gasteiger partial charge in [0.1, 0.15) is 5.75 Å². The lowest BCUT2D eigenvalue weighted by molar-refractivity contribution is 0.300. The Hall–Kier alpha value is -1.68. The average Bonchev–Trinajstić information content (AvgIpc) is 3.09. The van der Waals surface area contributed by atoms with Crippen LogP contribution in [-0.4, -0.2) is 11.8 Å². The van der Waals surface area contributed by atoms with Crippen molar-refractivity contribution < 1.29 is 9.26 Å². The number of benzene rings is 1. The van der Waals surface area contributed by atoms with Crippen LogP contribution in [0.25, 0.3) is 11.3 Å². The lowest BCUT2D eigenvalue weighted by Crippen LogP contribution is -2.00. The minimum atomic E-state index is 0.345. The fourth-order valence-electron chi connectivity index (χ4n) is 1.73. The van der Waals surface area contributed by atoms with Gasteiger partial charge in [-0.25, -0.2) is 0 Å². The third-order valence-corrected chi connectivity index (χ3v) is 3.14. The standard InChI is InChI=1S/C13H13ClN2O2/c14-9-3-4-11(17-7-8-1-2-8)10(5-9)12-6-13(15)16-18-12/h3-6,8H,1-2,7H2,(H2,15,16). The molecule has 0 aliphatic heterocycles. The van der Waals surface area contributed by atoms with E-state index in [-0.39, 0.29) is 0 Å². The minimum absolute atomic E-state index is 0.345. The van der Waals surface area contributed by atoms with Crippen LogP contribution in [0, 0.1) is 5.92 Å². The van der Waals surface area contributed by atoms with E-state index in [0.29, 0.717) is 22.5 Å². The number of rotatable bonds is 4. The predicted molar refractivity (Wildman–Crippen MR) is 69.6 cm³/mol. The Balaban J connectivity index is 1.91. The molecular formula is C13H13ClN2O2. The zero-order valence-electron chi connectivity index (χ0n) is 9.73. The summed E-state index contributed by atoms with van der Waals surface area (Å²) in [6, 6.07) is 7.10. The molecule has 94 valence electrons. The molecule has 1 heterocycles. The molecule has 3 rings (SSSR count). The van der Waals surface area contributed by atoms with Crippen LogP contribution in [0.5, 0.6) is 5.75 Å². The largest absolute Gasteiger partial charge is 0.493 e. The van der Waals surface area contributed by atoms with E-state index in [4.69, 9.17) is 26.6 Å². The van der Waals surface area contributed by atoms with Crippen LogP contribution in [-0.2, 0) is 0 Å². The molecule has 1 fully saturated rings. The highest BCUT2D eigenvalue weighted by Crippen LogP contribution is 2.35. The van der Waals surface area contributed by atoms with Crippen molar-refractivity contribution in [2.75, 3.05) is 12.3 Å². The highest BCUT2D eigenvalue weighted by molar-refractivity contribution is 6.30. The van der Waals surface area contributed by atoms with Crippen molar-refractivity contribution in [1.29, 1.82) is 0 Å². The van der Waals surface area contributed by atoms with Crippen molar-refractivity contribution in [2.24, 2.45) is 5.92 Å². The summed E-state index contributed by atoms with van der Waals surface area (Å²) < 4.78 is 10.9. The topological polar surface area (TPSA) is 61.3 Å². The first-order chi connectivity index (χ1) is 8.72. The first kappa shape index (κ1) is 11.4. The van der Waals surface area contributed by atoms with Gasteiger partial charge < -0.3 is 15.0 Å². The van der Waals surface area contributed by atoms with Gasteiger partial charge >= 0.3 is 0 Å². The number of nitrogens with two attached hydrogens (primary N) is 1. The van der Waals surface area contributed by atoms with Gasteiger partial charge in [0.2, 0.25) is 0 Å². The van der Waals surface area contributed by atoms with Gasteiger partial charge in [0.15, 0.2) is 11.6 Å². The summed E-state index contributed by atoms with van der Waals surface area (Å²) in [6.45, 7) is 0.734. The molecule has 1 aromatic carbocycles. The first-order valence-corrected chi connectivity index (χ1v) is 6.25. The van der Waals surface area contributed by atoms with E-state index in [9.17, 15) is 0 Å². The fourth-order valence-corrected chi connectivity index (χ4v) is 1.90. The number of hydrogen-bond donors (Lipinski definition) is 1. The zero-order valence-corrected chi connectivity index (χ0v) is 10.5. The van der Waals surface area contributed by atoms with Gasteiger partial charge in [-0.05, 0) is 37.0 Å². The van der Waals surface area contributed by atoms with E-state index in [0.717, 1.165) is 17.9 Å². The van der Waals surface area contributed by atoms with E-state index >= 15 is 0 Å². The van der Waals surface area contributed by atoms with Gasteiger partial charge in [-0.3, -0.25) is 0 Å². The fraction of sp³-hybridized carbons (Fsp3) is 0.308. The van der Waals surface area contributed by atoms with Crippen molar-refractivity contribution in [3.63, 3.8) is 0 Å². The third-order valence-electron chi connectivity index (χ3n) is 2.91. The van der Waals surface area contributed by atoms with Crippen LogP contribution in [0.15, 0.2) is 28.8 Å². The number of anilines is 1. The predicted octanol–water partition coefficient (Wildman–Crippen LogP) is 3.37. The molecule has 0 bridgehead atoms. The molecule has 1 aliphatic carbocycles. The molecule has 2 N–H and O–H groups in total. The maximum absolute atomic E-state index is 6.00. The number of ether oxygens (including phenoxy) is 1. The van der Waals surface area contributed by atoms with E-state index in [1.165, 1.54) is 12.8 Å². The normalized spacial score (nSPS) is 14.7. The van der Waals surface area contributed by atoms with Crippen LogP contribution >= 0.6 is 11.6 Å². The number of hydrogen-bond acceptors (Lipinski definition) is 4. The molecule has 1 saturated carbocycles.